The second-order valence-corrected chi connectivity index (χ2v) is 8.60. The average Bonchev–Trinajstić information content (AvgIpc) is 2.46. The minimum atomic E-state index is -3.07. The van der Waals surface area contributed by atoms with Crippen LogP contribution >= 0.6 is 0 Å². The summed E-state index contributed by atoms with van der Waals surface area (Å²) in [6.45, 7) is 4.98. The van der Waals surface area contributed by atoms with Crippen molar-refractivity contribution >= 4 is 10.0 Å². The van der Waals surface area contributed by atoms with Gasteiger partial charge in [0.1, 0.15) is 0 Å². The van der Waals surface area contributed by atoms with Crippen molar-refractivity contribution in [2.45, 2.75) is 51.9 Å². The summed E-state index contributed by atoms with van der Waals surface area (Å²) in [6, 6.07) is 0. The first-order chi connectivity index (χ1) is 9.57. The van der Waals surface area contributed by atoms with Crippen LogP contribution in [-0.2, 0) is 10.0 Å². The second-order valence-electron chi connectivity index (χ2n) is 6.67. The molecule has 0 amide bonds. The van der Waals surface area contributed by atoms with Gasteiger partial charge in [-0.25, -0.2) is 13.1 Å². The molecule has 0 bridgehead atoms. The molecule has 5 heteroatoms. The summed E-state index contributed by atoms with van der Waals surface area (Å²) >= 11 is 0. The highest BCUT2D eigenvalue weighted by Crippen LogP contribution is 2.29. The number of nitrogens with one attached hydrogen (secondary N) is 2. The molecule has 0 aromatic carbocycles. The normalized spacial score (nSPS) is 29.4. The number of hydrogen-bond donors (Lipinski definition) is 2. The van der Waals surface area contributed by atoms with Crippen molar-refractivity contribution in [1.29, 1.82) is 0 Å². The van der Waals surface area contributed by atoms with Crippen molar-refractivity contribution in [2.75, 3.05) is 25.4 Å². The first kappa shape index (κ1) is 16.2. The average molecular weight is 302 g/mol. The van der Waals surface area contributed by atoms with Gasteiger partial charge in [0, 0.05) is 6.54 Å². The van der Waals surface area contributed by atoms with Gasteiger partial charge < -0.3 is 5.32 Å². The first-order valence-electron chi connectivity index (χ1n) is 8.25. The molecule has 2 fully saturated rings. The largest absolute Gasteiger partial charge is 0.317 e. The molecule has 2 aliphatic rings. The Morgan fingerprint density at radius 1 is 1.10 bits per heavy atom. The Morgan fingerprint density at radius 3 is 2.50 bits per heavy atom. The Labute approximate surface area is 124 Å². The molecule has 2 rings (SSSR count). The summed E-state index contributed by atoms with van der Waals surface area (Å²) in [5.74, 6) is 2.09. The molecule has 2 unspecified atom stereocenters. The Kier molecular flexibility index (Phi) is 6.30. The van der Waals surface area contributed by atoms with Gasteiger partial charge in [-0.15, -0.1) is 0 Å². The lowest BCUT2D eigenvalue weighted by Crippen LogP contribution is -2.36. The van der Waals surface area contributed by atoms with Gasteiger partial charge in [0.15, 0.2) is 0 Å². The molecule has 0 spiro atoms. The predicted octanol–water partition coefficient (Wildman–Crippen LogP) is 2.12. The van der Waals surface area contributed by atoms with Crippen LogP contribution in [0.15, 0.2) is 0 Å². The molecular formula is C15H30N2O2S. The third-order valence-electron chi connectivity index (χ3n) is 5.11. The Morgan fingerprint density at radius 2 is 1.80 bits per heavy atom. The molecule has 2 atom stereocenters. The maximum atomic E-state index is 12.1. The third-order valence-corrected chi connectivity index (χ3v) is 6.49. The Balaban J connectivity index is 1.70. The van der Waals surface area contributed by atoms with Crippen molar-refractivity contribution in [3.8, 4) is 0 Å². The molecule has 2 N–H and O–H groups in total. The van der Waals surface area contributed by atoms with Gasteiger partial charge in [0.05, 0.1) is 5.75 Å². The Hall–Kier alpha value is -0.130. The summed E-state index contributed by atoms with van der Waals surface area (Å²) in [5.41, 5.74) is 0. The van der Waals surface area contributed by atoms with Gasteiger partial charge in [-0.05, 0) is 56.5 Å². The summed E-state index contributed by atoms with van der Waals surface area (Å²) in [6.07, 6.45) is 8.05. The van der Waals surface area contributed by atoms with Gasteiger partial charge in [-0.1, -0.05) is 26.2 Å². The van der Waals surface area contributed by atoms with E-state index in [0.717, 1.165) is 32.4 Å². The highest BCUT2D eigenvalue weighted by atomic mass is 32.2. The highest BCUT2D eigenvalue weighted by Gasteiger charge is 2.23. The zero-order valence-corrected chi connectivity index (χ0v) is 13.6. The zero-order chi connectivity index (χ0) is 14.4. The van der Waals surface area contributed by atoms with Crippen LogP contribution < -0.4 is 10.0 Å². The molecule has 0 aromatic rings. The van der Waals surface area contributed by atoms with Crippen molar-refractivity contribution in [3.63, 3.8) is 0 Å². The van der Waals surface area contributed by atoms with Gasteiger partial charge in [-0.2, -0.15) is 0 Å². The molecule has 20 heavy (non-hydrogen) atoms. The van der Waals surface area contributed by atoms with E-state index < -0.39 is 10.0 Å². The van der Waals surface area contributed by atoms with Crippen molar-refractivity contribution in [3.05, 3.63) is 0 Å². The van der Waals surface area contributed by atoms with Gasteiger partial charge in [0.2, 0.25) is 10.0 Å². The monoisotopic (exact) mass is 302 g/mol. The van der Waals surface area contributed by atoms with Gasteiger partial charge in [-0.3, -0.25) is 0 Å². The van der Waals surface area contributed by atoms with Crippen LogP contribution in [0.5, 0.6) is 0 Å². The zero-order valence-electron chi connectivity index (χ0n) is 12.7. The van der Waals surface area contributed by atoms with E-state index in [0.29, 0.717) is 30.1 Å². The smallest absolute Gasteiger partial charge is 0.211 e. The van der Waals surface area contributed by atoms with Crippen LogP contribution in [0.1, 0.15) is 51.9 Å². The molecule has 0 radical (unpaired) electrons. The van der Waals surface area contributed by atoms with Crippen LogP contribution in [0.3, 0.4) is 0 Å². The molecular weight excluding hydrogens is 272 g/mol. The Bertz CT molecular complexity index is 377. The van der Waals surface area contributed by atoms with Crippen LogP contribution in [0.25, 0.3) is 0 Å². The van der Waals surface area contributed by atoms with Crippen molar-refractivity contribution in [1.82, 2.24) is 10.0 Å². The van der Waals surface area contributed by atoms with Crippen LogP contribution in [0.4, 0.5) is 0 Å². The fourth-order valence-corrected chi connectivity index (χ4v) is 4.75. The van der Waals surface area contributed by atoms with E-state index >= 15 is 0 Å². The molecule has 1 aliphatic heterocycles. The van der Waals surface area contributed by atoms with E-state index in [1.807, 2.05) is 0 Å². The quantitative estimate of drug-likeness (QED) is 0.790. The summed E-state index contributed by atoms with van der Waals surface area (Å²) in [4.78, 5) is 0. The number of sulfonamides is 1. The standard InChI is InChI=1S/C15H30N2O2S/c1-13-4-2-3-5-15(13)12-17-20(18,19)11-8-14-6-9-16-10-7-14/h13-17H,2-12H2,1H3. The van der Waals surface area contributed by atoms with E-state index in [-0.39, 0.29) is 0 Å². The van der Waals surface area contributed by atoms with Crippen LogP contribution in [0.2, 0.25) is 0 Å². The molecule has 4 nitrogen and oxygen atoms in total. The third kappa shape index (κ3) is 5.34. The summed E-state index contributed by atoms with van der Waals surface area (Å²) in [5, 5.41) is 3.32. The molecule has 1 saturated carbocycles. The number of hydrogen-bond acceptors (Lipinski definition) is 3. The molecule has 0 aromatic heterocycles. The molecule has 1 saturated heterocycles. The maximum absolute atomic E-state index is 12.1. The fourth-order valence-electron chi connectivity index (χ4n) is 3.49. The molecule has 1 heterocycles. The first-order valence-corrected chi connectivity index (χ1v) is 9.90. The van der Waals surface area contributed by atoms with Gasteiger partial charge >= 0.3 is 0 Å². The predicted molar refractivity (Wildman–Crippen MR) is 83.1 cm³/mol. The molecule has 1 aliphatic carbocycles. The van der Waals surface area contributed by atoms with E-state index in [4.69, 9.17) is 0 Å². The SMILES string of the molecule is CC1CCCCC1CNS(=O)(=O)CCC1CCNCC1. The highest BCUT2D eigenvalue weighted by molar-refractivity contribution is 7.89. The summed E-state index contributed by atoms with van der Waals surface area (Å²) in [7, 11) is -3.07. The number of rotatable bonds is 6. The number of piperidine rings is 1. The fraction of sp³-hybridized carbons (Fsp3) is 1.00. The molecule has 118 valence electrons. The van der Waals surface area contributed by atoms with Crippen molar-refractivity contribution in [2.24, 2.45) is 17.8 Å². The minimum absolute atomic E-state index is 0.304. The van der Waals surface area contributed by atoms with Gasteiger partial charge in [0.25, 0.3) is 0 Å². The lowest BCUT2D eigenvalue weighted by Gasteiger charge is -2.29. The lowest BCUT2D eigenvalue weighted by atomic mass is 9.81. The topological polar surface area (TPSA) is 58.2 Å². The van der Waals surface area contributed by atoms with Crippen LogP contribution in [0, 0.1) is 17.8 Å². The van der Waals surface area contributed by atoms with Crippen molar-refractivity contribution < 1.29 is 8.42 Å². The minimum Gasteiger partial charge on any atom is -0.317 e. The second kappa shape index (κ2) is 7.76. The van der Waals surface area contributed by atoms with E-state index in [2.05, 4.69) is 17.0 Å². The van der Waals surface area contributed by atoms with E-state index in [1.165, 1.54) is 25.7 Å². The maximum Gasteiger partial charge on any atom is 0.211 e. The van der Waals surface area contributed by atoms with E-state index in [9.17, 15) is 8.42 Å². The lowest BCUT2D eigenvalue weighted by molar-refractivity contribution is 0.257. The summed E-state index contributed by atoms with van der Waals surface area (Å²) < 4.78 is 27.0. The van der Waals surface area contributed by atoms with Crippen LogP contribution in [-0.4, -0.2) is 33.8 Å². The van der Waals surface area contributed by atoms with E-state index in [1.54, 1.807) is 0 Å².